The molecule has 0 radical (unpaired) electrons. The number of benzene rings is 1. The lowest BCUT2D eigenvalue weighted by Crippen LogP contribution is -2.51. The van der Waals surface area contributed by atoms with Crippen molar-refractivity contribution in [3.05, 3.63) is 59.1 Å². The van der Waals surface area contributed by atoms with Crippen molar-refractivity contribution in [2.45, 2.75) is 45.7 Å². The molecule has 2 heterocycles. The number of aromatic nitrogens is 1. The van der Waals surface area contributed by atoms with Gasteiger partial charge in [0.25, 0.3) is 0 Å². The number of fused-ring (bicyclic) bond motifs is 1. The van der Waals surface area contributed by atoms with Crippen LogP contribution in [0.4, 0.5) is 17.2 Å². The number of anilines is 2. The average Bonchev–Trinajstić information content (AvgIpc) is 3.47. The van der Waals surface area contributed by atoms with Crippen molar-refractivity contribution in [1.29, 1.82) is 0 Å². The molecular weight excluding hydrogens is 336 g/mol. The first-order chi connectivity index (χ1) is 13.0. The van der Waals surface area contributed by atoms with E-state index in [0.717, 1.165) is 22.6 Å². The Morgan fingerprint density at radius 2 is 2.07 bits per heavy atom. The molecule has 0 unspecified atom stereocenters. The second kappa shape index (κ2) is 6.70. The maximum atomic E-state index is 12.5. The van der Waals surface area contributed by atoms with Crippen LogP contribution in [0.15, 0.2) is 36.5 Å². The molecule has 1 aliphatic carbocycles. The summed E-state index contributed by atoms with van der Waals surface area (Å²) in [6, 6.07) is 9.87. The van der Waals surface area contributed by atoms with Crippen LogP contribution >= 0.6 is 0 Å². The molecule has 1 fully saturated rings. The normalized spacial score (nSPS) is 24.1. The van der Waals surface area contributed by atoms with Crippen LogP contribution in [0.1, 0.15) is 43.9 Å². The quantitative estimate of drug-likeness (QED) is 0.794. The van der Waals surface area contributed by atoms with E-state index in [1.165, 1.54) is 12.8 Å². The molecule has 4 rings (SSSR count). The maximum absolute atomic E-state index is 12.5. The van der Waals surface area contributed by atoms with Crippen molar-refractivity contribution in [3.8, 4) is 0 Å². The Morgan fingerprint density at radius 3 is 2.70 bits per heavy atom. The van der Waals surface area contributed by atoms with Gasteiger partial charge in [-0.2, -0.15) is 0 Å². The van der Waals surface area contributed by atoms with Gasteiger partial charge in [0, 0.05) is 30.8 Å². The van der Waals surface area contributed by atoms with Gasteiger partial charge in [-0.3, -0.25) is 4.79 Å². The molecule has 1 amide bonds. The van der Waals surface area contributed by atoms with Crippen molar-refractivity contribution >= 4 is 23.1 Å². The summed E-state index contributed by atoms with van der Waals surface area (Å²) >= 11 is 0. The molecule has 0 bridgehead atoms. The number of pyridine rings is 1. The van der Waals surface area contributed by atoms with E-state index in [4.69, 9.17) is 6.57 Å². The van der Waals surface area contributed by atoms with Gasteiger partial charge in [0.15, 0.2) is 5.69 Å². The highest BCUT2D eigenvalue weighted by Crippen LogP contribution is 2.50. The van der Waals surface area contributed by atoms with E-state index in [2.05, 4.69) is 22.1 Å². The standard InChI is InChI=1S/C22H24N4O/c1-13-9-10-24-20(11-13)25-21-14(2)22(16-5-6-16)26(15(3)27)19-8-7-17(23-4)12-18(19)21/h7-12,14,16,21-22H,5-6H2,1-3H3,(H,24,25)/t14-,21-,22-/m1/s1. The first-order valence-electron chi connectivity index (χ1n) is 9.50. The van der Waals surface area contributed by atoms with Crippen LogP contribution in [-0.2, 0) is 4.79 Å². The lowest BCUT2D eigenvalue weighted by atomic mass is 9.79. The summed E-state index contributed by atoms with van der Waals surface area (Å²) < 4.78 is 0. The van der Waals surface area contributed by atoms with Gasteiger partial charge in [-0.25, -0.2) is 9.83 Å². The van der Waals surface area contributed by atoms with E-state index in [9.17, 15) is 4.79 Å². The fourth-order valence-corrected chi connectivity index (χ4v) is 4.40. The third-order valence-electron chi connectivity index (χ3n) is 5.76. The molecule has 2 aromatic rings. The number of hydrogen-bond donors (Lipinski definition) is 1. The smallest absolute Gasteiger partial charge is 0.224 e. The molecule has 2 aliphatic rings. The number of rotatable bonds is 3. The Hall–Kier alpha value is -2.87. The molecule has 1 aliphatic heterocycles. The number of nitrogens with one attached hydrogen (secondary N) is 1. The lowest BCUT2D eigenvalue weighted by molar-refractivity contribution is -0.117. The Kier molecular flexibility index (Phi) is 4.35. The summed E-state index contributed by atoms with van der Waals surface area (Å²) in [5, 5.41) is 3.60. The Labute approximate surface area is 160 Å². The summed E-state index contributed by atoms with van der Waals surface area (Å²) in [5.74, 6) is 1.67. The van der Waals surface area contributed by atoms with Gasteiger partial charge in [0.1, 0.15) is 5.82 Å². The monoisotopic (exact) mass is 360 g/mol. The Bertz CT molecular complexity index is 928. The van der Waals surface area contributed by atoms with E-state index in [0.29, 0.717) is 11.6 Å². The molecule has 3 atom stereocenters. The molecule has 1 aromatic heterocycles. The average molecular weight is 360 g/mol. The first kappa shape index (κ1) is 17.5. The molecule has 1 saturated carbocycles. The zero-order valence-corrected chi connectivity index (χ0v) is 15.9. The van der Waals surface area contributed by atoms with Gasteiger partial charge in [0.05, 0.1) is 12.6 Å². The summed E-state index contributed by atoms with van der Waals surface area (Å²) in [6.45, 7) is 13.3. The van der Waals surface area contributed by atoms with Crippen LogP contribution in [0.2, 0.25) is 0 Å². The van der Waals surface area contributed by atoms with Crippen molar-refractivity contribution in [2.24, 2.45) is 11.8 Å². The molecule has 138 valence electrons. The lowest BCUT2D eigenvalue weighted by Gasteiger charge is -2.46. The number of nitrogens with zero attached hydrogens (tertiary/aromatic N) is 3. The fraction of sp³-hybridized carbons (Fsp3) is 0.409. The van der Waals surface area contributed by atoms with Gasteiger partial charge in [-0.1, -0.05) is 13.0 Å². The Morgan fingerprint density at radius 1 is 1.30 bits per heavy atom. The van der Waals surface area contributed by atoms with Gasteiger partial charge >= 0.3 is 0 Å². The van der Waals surface area contributed by atoms with Gasteiger partial charge < -0.3 is 10.2 Å². The highest BCUT2D eigenvalue weighted by Gasteiger charge is 2.47. The topological polar surface area (TPSA) is 49.6 Å². The highest BCUT2D eigenvalue weighted by molar-refractivity contribution is 5.94. The summed E-state index contributed by atoms with van der Waals surface area (Å²) in [6.07, 6.45) is 4.15. The number of hydrogen-bond acceptors (Lipinski definition) is 3. The first-order valence-corrected chi connectivity index (χ1v) is 9.50. The third kappa shape index (κ3) is 3.16. The minimum Gasteiger partial charge on any atom is -0.363 e. The van der Waals surface area contributed by atoms with Crippen molar-refractivity contribution in [1.82, 2.24) is 4.98 Å². The van der Waals surface area contributed by atoms with Crippen molar-refractivity contribution in [3.63, 3.8) is 0 Å². The molecule has 0 spiro atoms. The second-order valence-electron chi connectivity index (χ2n) is 7.77. The number of carbonyl (C=O) groups is 1. The molecule has 27 heavy (non-hydrogen) atoms. The number of carbonyl (C=O) groups excluding carboxylic acids is 1. The van der Waals surface area contributed by atoms with E-state index in [1.807, 2.05) is 48.4 Å². The minimum absolute atomic E-state index is 0.0113. The molecule has 5 nitrogen and oxygen atoms in total. The second-order valence-corrected chi connectivity index (χ2v) is 7.77. The SMILES string of the molecule is [C-]#[N+]c1ccc2c(c1)[C@H](Nc1cc(C)ccn1)[C@@H](C)[C@H](C1CC1)N2C(C)=O. The van der Waals surface area contributed by atoms with E-state index in [1.54, 1.807) is 6.92 Å². The third-order valence-corrected chi connectivity index (χ3v) is 5.76. The van der Waals surface area contributed by atoms with E-state index < -0.39 is 0 Å². The molecule has 5 heteroatoms. The molecule has 0 saturated heterocycles. The summed E-state index contributed by atoms with van der Waals surface area (Å²) in [4.78, 5) is 22.6. The highest BCUT2D eigenvalue weighted by atomic mass is 16.2. The summed E-state index contributed by atoms with van der Waals surface area (Å²) in [5.41, 5.74) is 3.68. The van der Waals surface area contributed by atoms with E-state index >= 15 is 0 Å². The molecule has 1 aromatic carbocycles. The van der Waals surface area contributed by atoms with Crippen LogP contribution in [0.3, 0.4) is 0 Å². The van der Waals surface area contributed by atoms with Crippen molar-refractivity contribution in [2.75, 3.05) is 10.2 Å². The largest absolute Gasteiger partial charge is 0.363 e. The fourth-order valence-electron chi connectivity index (χ4n) is 4.40. The molecule has 1 N–H and O–H groups in total. The van der Waals surface area contributed by atoms with Crippen LogP contribution in [0.25, 0.3) is 4.85 Å². The minimum atomic E-state index is 0.0113. The van der Waals surface area contributed by atoms with E-state index in [-0.39, 0.29) is 23.9 Å². The number of aryl methyl sites for hydroxylation is 1. The predicted molar refractivity (Wildman–Crippen MR) is 107 cm³/mol. The van der Waals surface area contributed by atoms with Gasteiger partial charge in [0.2, 0.25) is 5.91 Å². The van der Waals surface area contributed by atoms with Gasteiger partial charge in [-0.05, 0) is 61.1 Å². The zero-order valence-electron chi connectivity index (χ0n) is 15.9. The van der Waals surface area contributed by atoms with Crippen molar-refractivity contribution < 1.29 is 4.79 Å². The maximum Gasteiger partial charge on any atom is 0.224 e. The zero-order chi connectivity index (χ0) is 19.1. The van der Waals surface area contributed by atoms with Crippen LogP contribution in [0.5, 0.6) is 0 Å². The van der Waals surface area contributed by atoms with Crippen LogP contribution < -0.4 is 10.2 Å². The number of amides is 1. The van der Waals surface area contributed by atoms with Crippen LogP contribution in [-0.4, -0.2) is 16.9 Å². The summed E-state index contributed by atoms with van der Waals surface area (Å²) in [7, 11) is 0. The van der Waals surface area contributed by atoms with Gasteiger partial charge in [-0.15, -0.1) is 0 Å². The Balaban J connectivity index is 1.82. The molecular formula is C22H24N4O. The van der Waals surface area contributed by atoms with Crippen LogP contribution in [0, 0.1) is 25.3 Å². The predicted octanol–water partition coefficient (Wildman–Crippen LogP) is 4.88.